The van der Waals surface area contributed by atoms with Gasteiger partial charge in [-0.25, -0.2) is 9.97 Å². The molecule has 2 N–H and O–H groups in total. The van der Waals surface area contributed by atoms with Crippen molar-refractivity contribution in [1.82, 2.24) is 19.6 Å². The van der Waals surface area contributed by atoms with Crippen LogP contribution in [0.25, 0.3) is 16.8 Å². The molecule has 2 aromatic heterocycles. The minimum atomic E-state index is 0.309. The maximum atomic E-state index is 5.96. The van der Waals surface area contributed by atoms with Crippen LogP contribution < -0.4 is 5.73 Å². The molecule has 17 heavy (non-hydrogen) atoms. The van der Waals surface area contributed by atoms with Gasteiger partial charge in [0.25, 0.3) is 0 Å². The SMILES string of the molecule is Nc1ncnc2c(-c3cccc(Cl)c3)cnn12. The molecule has 5 nitrogen and oxygen atoms in total. The van der Waals surface area contributed by atoms with E-state index in [1.807, 2.05) is 24.3 Å². The van der Waals surface area contributed by atoms with Crippen molar-refractivity contribution in [2.45, 2.75) is 0 Å². The van der Waals surface area contributed by atoms with E-state index in [2.05, 4.69) is 15.1 Å². The van der Waals surface area contributed by atoms with Gasteiger partial charge in [-0.05, 0) is 17.7 Å². The van der Waals surface area contributed by atoms with Crippen molar-refractivity contribution >= 4 is 23.2 Å². The second-order valence-corrected chi connectivity index (χ2v) is 3.97. The Morgan fingerprint density at radius 2 is 2.12 bits per heavy atom. The predicted molar refractivity (Wildman–Crippen MR) is 65.6 cm³/mol. The summed E-state index contributed by atoms with van der Waals surface area (Å²) in [7, 11) is 0. The van der Waals surface area contributed by atoms with Crippen LogP contribution in [0.4, 0.5) is 5.95 Å². The molecule has 0 radical (unpaired) electrons. The third kappa shape index (κ3) is 1.60. The summed E-state index contributed by atoms with van der Waals surface area (Å²) >= 11 is 5.96. The van der Waals surface area contributed by atoms with E-state index in [9.17, 15) is 0 Å². The topological polar surface area (TPSA) is 69.1 Å². The van der Waals surface area contributed by atoms with Gasteiger partial charge in [0.15, 0.2) is 5.65 Å². The molecule has 0 bridgehead atoms. The Balaban J connectivity index is 2.28. The lowest BCUT2D eigenvalue weighted by atomic mass is 10.1. The van der Waals surface area contributed by atoms with Gasteiger partial charge in [0.05, 0.1) is 6.20 Å². The van der Waals surface area contributed by atoms with Crippen LogP contribution in [0.5, 0.6) is 0 Å². The first-order valence-electron chi connectivity index (χ1n) is 4.96. The number of benzene rings is 1. The molecule has 0 fully saturated rings. The lowest BCUT2D eigenvalue weighted by Crippen LogP contribution is -2.02. The van der Waals surface area contributed by atoms with Gasteiger partial charge in [-0.15, -0.1) is 0 Å². The molecule has 0 amide bonds. The van der Waals surface area contributed by atoms with Crippen LogP contribution in [-0.4, -0.2) is 19.6 Å². The van der Waals surface area contributed by atoms with E-state index >= 15 is 0 Å². The van der Waals surface area contributed by atoms with E-state index in [0.717, 1.165) is 11.1 Å². The van der Waals surface area contributed by atoms with Crippen molar-refractivity contribution in [3.05, 3.63) is 41.8 Å². The first kappa shape index (κ1) is 10.0. The molecule has 0 saturated carbocycles. The van der Waals surface area contributed by atoms with Gasteiger partial charge < -0.3 is 5.73 Å². The number of nitrogen functional groups attached to an aromatic ring is 1. The van der Waals surface area contributed by atoms with Crippen molar-refractivity contribution in [3.63, 3.8) is 0 Å². The molecule has 1 aromatic carbocycles. The number of aromatic nitrogens is 4. The molecule has 0 aliphatic heterocycles. The van der Waals surface area contributed by atoms with Crippen molar-refractivity contribution in [2.75, 3.05) is 5.73 Å². The smallest absolute Gasteiger partial charge is 0.224 e. The Hall–Kier alpha value is -2.14. The van der Waals surface area contributed by atoms with E-state index in [-0.39, 0.29) is 0 Å². The first-order valence-corrected chi connectivity index (χ1v) is 5.33. The van der Waals surface area contributed by atoms with Gasteiger partial charge in [0.1, 0.15) is 6.33 Å². The maximum absolute atomic E-state index is 5.96. The molecule has 0 aliphatic carbocycles. The van der Waals surface area contributed by atoms with Crippen LogP contribution in [0.1, 0.15) is 0 Å². The number of hydrogen-bond acceptors (Lipinski definition) is 4. The van der Waals surface area contributed by atoms with Gasteiger partial charge in [-0.1, -0.05) is 23.7 Å². The summed E-state index contributed by atoms with van der Waals surface area (Å²) < 4.78 is 1.50. The van der Waals surface area contributed by atoms with E-state index < -0.39 is 0 Å². The average Bonchev–Trinajstić information content (AvgIpc) is 2.74. The molecule has 3 aromatic rings. The zero-order chi connectivity index (χ0) is 11.8. The van der Waals surface area contributed by atoms with Crippen molar-refractivity contribution in [3.8, 4) is 11.1 Å². The highest BCUT2D eigenvalue weighted by Gasteiger charge is 2.09. The van der Waals surface area contributed by atoms with Crippen LogP contribution >= 0.6 is 11.6 Å². The summed E-state index contributed by atoms with van der Waals surface area (Å²) in [5, 5.41) is 4.82. The van der Waals surface area contributed by atoms with Gasteiger partial charge >= 0.3 is 0 Å². The molecule has 84 valence electrons. The molecular weight excluding hydrogens is 238 g/mol. The summed E-state index contributed by atoms with van der Waals surface area (Å²) in [4.78, 5) is 8.05. The van der Waals surface area contributed by atoms with Gasteiger partial charge in [0, 0.05) is 10.6 Å². The Kier molecular flexibility index (Phi) is 2.19. The van der Waals surface area contributed by atoms with E-state index in [1.165, 1.54) is 10.8 Å². The highest BCUT2D eigenvalue weighted by Crippen LogP contribution is 2.25. The Morgan fingerprint density at radius 1 is 1.24 bits per heavy atom. The fraction of sp³-hybridized carbons (Fsp3) is 0. The van der Waals surface area contributed by atoms with Crippen LogP contribution in [0, 0.1) is 0 Å². The summed E-state index contributed by atoms with van der Waals surface area (Å²) in [5.74, 6) is 0.309. The lowest BCUT2D eigenvalue weighted by molar-refractivity contribution is 0.909. The van der Waals surface area contributed by atoms with Gasteiger partial charge in [0.2, 0.25) is 5.95 Å². The summed E-state index contributed by atoms with van der Waals surface area (Å²) in [6.45, 7) is 0. The molecular formula is C11H8ClN5. The minimum Gasteiger partial charge on any atom is -0.368 e. The van der Waals surface area contributed by atoms with E-state index in [1.54, 1.807) is 6.20 Å². The third-order valence-electron chi connectivity index (χ3n) is 2.47. The molecule has 6 heteroatoms. The number of fused-ring (bicyclic) bond motifs is 1. The highest BCUT2D eigenvalue weighted by molar-refractivity contribution is 6.30. The number of nitrogens with two attached hydrogens (primary N) is 1. The van der Waals surface area contributed by atoms with Crippen LogP contribution in [0.2, 0.25) is 5.02 Å². The van der Waals surface area contributed by atoms with Crippen LogP contribution in [-0.2, 0) is 0 Å². The van der Waals surface area contributed by atoms with Gasteiger partial charge in [-0.3, -0.25) is 0 Å². The second kappa shape index (κ2) is 3.71. The summed E-state index contributed by atoms with van der Waals surface area (Å²) in [6.07, 6.45) is 3.12. The number of hydrogen-bond donors (Lipinski definition) is 1. The second-order valence-electron chi connectivity index (χ2n) is 3.54. The van der Waals surface area contributed by atoms with Crippen molar-refractivity contribution in [1.29, 1.82) is 0 Å². The molecule has 0 spiro atoms. The molecule has 2 heterocycles. The Bertz CT molecular complexity index is 691. The average molecular weight is 246 g/mol. The van der Waals surface area contributed by atoms with Gasteiger partial charge in [-0.2, -0.15) is 9.61 Å². The van der Waals surface area contributed by atoms with Crippen LogP contribution in [0.3, 0.4) is 0 Å². The summed E-state index contributed by atoms with van der Waals surface area (Å²) in [5.41, 5.74) is 8.19. The Labute approximate surface area is 102 Å². The highest BCUT2D eigenvalue weighted by atomic mass is 35.5. The number of halogens is 1. The first-order chi connectivity index (χ1) is 8.25. The minimum absolute atomic E-state index is 0.309. The van der Waals surface area contributed by atoms with E-state index in [4.69, 9.17) is 17.3 Å². The quantitative estimate of drug-likeness (QED) is 0.712. The largest absolute Gasteiger partial charge is 0.368 e. The molecule has 0 atom stereocenters. The van der Waals surface area contributed by atoms with Crippen molar-refractivity contribution < 1.29 is 0 Å². The maximum Gasteiger partial charge on any atom is 0.224 e. The Morgan fingerprint density at radius 3 is 2.94 bits per heavy atom. The van der Waals surface area contributed by atoms with E-state index in [0.29, 0.717) is 16.6 Å². The number of anilines is 1. The van der Waals surface area contributed by atoms with Crippen molar-refractivity contribution in [2.24, 2.45) is 0 Å². The number of nitrogens with zero attached hydrogens (tertiary/aromatic N) is 4. The summed E-state index contributed by atoms with van der Waals surface area (Å²) in [6, 6.07) is 7.50. The normalized spacial score (nSPS) is 10.9. The molecule has 0 unspecified atom stereocenters. The monoisotopic (exact) mass is 245 g/mol. The lowest BCUT2D eigenvalue weighted by Gasteiger charge is -2.00. The molecule has 0 saturated heterocycles. The third-order valence-corrected chi connectivity index (χ3v) is 2.70. The predicted octanol–water partition coefficient (Wildman–Crippen LogP) is 2.03. The zero-order valence-corrected chi connectivity index (χ0v) is 9.46. The number of rotatable bonds is 1. The zero-order valence-electron chi connectivity index (χ0n) is 8.71. The molecule has 0 aliphatic rings. The van der Waals surface area contributed by atoms with Crippen LogP contribution in [0.15, 0.2) is 36.8 Å². The molecule has 3 rings (SSSR count). The fourth-order valence-electron chi connectivity index (χ4n) is 1.69. The standard InChI is InChI=1S/C11H8ClN5/c12-8-3-1-2-7(4-8)9-5-16-17-10(9)14-6-15-11(17)13/h1-6H,(H2,13,14,15). The fourth-order valence-corrected chi connectivity index (χ4v) is 1.88.